The molecule has 0 unspecified atom stereocenters. The fourth-order valence-corrected chi connectivity index (χ4v) is 1.22. The highest BCUT2D eigenvalue weighted by atomic mass is 16.7. The average molecular weight is 211 g/mol. The largest absolute Gasteiger partial charge is 0.392 e. The van der Waals surface area contributed by atoms with Crippen molar-refractivity contribution in [1.29, 1.82) is 0 Å². The van der Waals surface area contributed by atoms with Gasteiger partial charge in [0.2, 0.25) is 0 Å². The van der Waals surface area contributed by atoms with E-state index in [1.54, 1.807) is 25.4 Å². The number of aliphatic hydroxyl groups is 1. The van der Waals surface area contributed by atoms with Crippen LogP contribution in [0.15, 0.2) is 12.3 Å². The van der Waals surface area contributed by atoms with Gasteiger partial charge in [0, 0.05) is 37.1 Å². The van der Waals surface area contributed by atoms with E-state index in [1.165, 1.54) is 0 Å². The van der Waals surface area contributed by atoms with Crippen LogP contribution in [0.5, 0.6) is 0 Å². The number of hydrogen-bond acceptors (Lipinski definition) is 5. The summed E-state index contributed by atoms with van der Waals surface area (Å²) in [7, 11) is 3.35. The smallest absolute Gasteiger partial charge is 0.154 e. The molecule has 0 saturated carbocycles. The molecule has 0 fully saturated rings. The maximum Gasteiger partial charge on any atom is 0.154 e. The molecule has 1 heterocycles. The van der Waals surface area contributed by atoms with Gasteiger partial charge in [-0.1, -0.05) is 0 Å². The Bertz CT molecular complexity index is 318. The molecule has 5 nitrogen and oxygen atoms in total. The number of nitrogens with one attached hydrogen (secondary N) is 1. The Morgan fingerprint density at radius 1 is 1.60 bits per heavy atom. The van der Waals surface area contributed by atoms with Gasteiger partial charge in [-0.05, 0) is 6.92 Å². The van der Waals surface area contributed by atoms with Gasteiger partial charge in [-0.25, -0.2) is 10.0 Å². The summed E-state index contributed by atoms with van der Waals surface area (Å²) >= 11 is 0. The molecular formula is C10H17N3O2. The van der Waals surface area contributed by atoms with Crippen LogP contribution in [0.2, 0.25) is 0 Å². The van der Waals surface area contributed by atoms with Crippen LogP contribution in [-0.2, 0) is 11.4 Å². The predicted molar refractivity (Wildman–Crippen MR) is 59.7 cm³/mol. The Kier molecular flexibility index (Phi) is 4.33. The first-order chi connectivity index (χ1) is 7.22. The minimum atomic E-state index is -0.0215. The van der Waals surface area contributed by atoms with Crippen molar-refractivity contribution in [2.45, 2.75) is 13.5 Å². The van der Waals surface area contributed by atoms with Gasteiger partial charge in [0.15, 0.2) is 5.82 Å². The summed E-state index contributed by atoms with van der Waals surface area (Å²) in [6, 6.07) is 1.85. The van der Waals surface area contributed by atoms with E-state index in [-0.39, 0.29) is 6.61 Å². The van der Waals surface area contributed by atoms with E-state index >= 15 is 0 Å². The van der Waals surface area contributed by atoms with Crippen molar-refractivity contribution in [3.05, 3.63) is 17.8 Å². The van der Waals surface area contributed by atoms with Crippen molar-refractivity contribution >= 4 is 11.5 Å². The van der Waals surface area contributed by atoms with Gasteiger partial charge < -0.3 is 10.4 Å². The molecule has 0 aliphatic rings. The SMILES string of the molecule is CCNc1cc(N(C)OC)ncc1CO. The van der Waals surface area contributed by atoms with Crippen LogP contribution in [0.3, 0.4) is 0 Å². The van der Waals surface area contributed by atoms with Crippen LogP contribution in [0, 0.1) is 0 Å². The third-order valence-corrected chi connectivity index (χ3v) is 2.11. The predicted octanol–water partition coefficient (Wildman–Crippen LogP) is 1.00. The van der Waals surface area contributed by atoms with E-state index in [4.69, 9.17) is 9.94 Å². The number of aliphatic hydroxyl groups excluding tert-OH is 1. The number of nitrogens with zero attached hydrogens (tertiary/aromatic N) is 2. The first-order valence-corrected chi connectivity index (χ1v) is 4.84. The van der Waals surface area contributed by atoms with Crippen molar-refractivity contribution in [3.63, 3.8) is 0 Å². The lowest BCUT2D eigenvalue weighted by molar-refractivity contribution is 0.182. The highest BCUT2D eigenvalue weighted by Crippen LogP contribution is 2.20. The topological polar surface area (TPSA) is 57.6 Å². The summed E-state index contributed by atoms with van der Waals surface area (Å²) < 4.78 is 0. The first-order valence-electron chi connectivity index (χ1n) is 4.84. The molecule has 0 atom stereocenters. The molecule has 15 heavy (non-hydrogen) atoms. The van der Waals surface area contributed by atoms with Gasteiger partial charge in [-0.3, -0.25) is 4.84 Å². The quantitative estimate of drug-likeness (QED) is 0.712. The minimum Gasteiger partial charge on any atom is -0.392 e. The van der Waals surface area contributed by atoms with Gasteiger partial charge in [-0.15, -0.1) is 0 Å². The maximum atomic E-state index is 9.11. The molecule has 0 amide bonds. The van der Waals surface area contributed by atoms with Crippen LogP contribution in [0.1, 0.15) is 12.5 Å². The average Bonchev–Trinajstić information content (AvgIpc) is 2.28. The van der Waals surface area contributed by atoms with Crippen molar-refractivity contribution in [2.75, 3.05) is 31.1 Å². The molecule has 0 aliphatic carbocycles. The molecule has 1 aromatic heterocycles. The van der Waals surface area contributed by atoms with Crippen molar-refractivity contribution in [2.24, 2.45) is 0 Å². The van der Waals surface area contributed by atoms with Crippen LogP contribution in [0.25, 0.3) is 0 Å². The lowest BCUT2D eigenvalue weighted by Crippen LogP contribution is -2.16. The highest BCUT2D eigenvalue weighted by molar-refractivity contribution is 5.57. The Morgan fingerprint density at radius 2 is 2.33 bits per heavy atom. The van der Waals surface area contributed by atoms with Gasteiger partial charge in [-0.2, -0.15) is 0 Å². The van der Waals surface area contributed by atoms with Crippen LogP contribution >= 0.6 is 0 Å². The molecule has 5 heteroatoms. The molecule has 2 N–H and O–H groups in total. The molecule has 0 radical (unpaired) electrons. The maximum absolute atomic E-state index is 9.11. The standard InChI is InChI=1S/C10H17N3O2/c1-4-11-9-5-10(13(2)15-3)12-6-8(9)7-14/h5-6,14H,4,7H2,1-3H3,(H,11,12). The lowest BCUT2D eigenvalue weighted by atomic mass is 10.2. The fourth-order valence-electron chi connectivity index (χ4n) is 1.22. The van der Waals surface area contributed by atoms with E-state index in [2.05, 4.69) is 10.3 Å². The number of hydroxylamine groups is 1. The molecule has 0 aliphatic heterocycles. The van der Waals surface area contributed by atoms with Crippen LogP contribution < -0.4 is 10.4 Å². The van der Waals surface area contributed by atoms with Crippen LogP contribution in [0.4, 0.5) is 11.5 Å². The molecule has 0 aromatic carbocycles. The summed E-state index contributed by atoms with van der Waals surface area (Å²) in [5, 5.41) is 13.8. The van der Waals surface area contributed by atoms with E-state index in [0.29, 0.717) is 5.82 Å². The van der Waals surface area contributed by atoms with Crippen molar-refractivity contribution in [3.8, 4) is 0 Å². The van der Waals surface area contributed by atoms with Gasteiger partial charge in [0.25, 0.3) is 0 Å². The monoisotopic (exact) mass is 211 g/mol. The number of pyridine rings is 1. The third-order valence-electron chi connectivity index (χ3n) is 2.11. The van der Waals surface area contributed by atoms with Gasteiger partial charge in [0.1, 0.15) is 0 Å². The van der Waals surface area contributed by atoms with E-state index in [1.807, 2.05) is 13.0 Å². The molecule has 1 aromatic rings. The number of rotatable bonds is 5. The summed E-state index contributed by atoms with van der Waals surface area (Å²) in [4.78, 5) is 9.19. The fraction of sp³-hybridized carbons (Fsp3) is 0.500. The molecule has 0 saturated heterocycles. The second-order valence-corrected chi connectivity index (χ2v) is 3.07. The Labute approximate surface area is 89.6 Å². The van der Waals surface area contributed by atoms with Gasteiger partial charge in [0.05, 0.1) is 13.7 Å². The normalized spacial score (nSPS) is 10.1. The summed E-state index contributed by atoms with van der Waals surface area (Å²) in [5.74, 6) is 0.700. The third kappa shape index (κ3) is 2.81. The number of aromatic nitrogens is 1. The first kappa shape index (κ1) is 11.7. The molecule has 0 bridgehead atoms. The zero-order valence-corrected chi connectivity index (χ0v) is 9.32. The minimum absolute atomic E-state index is 0.0215. The molecule has 0 spiro atoms. The Morgan fingerprint density at radius 3 is 2.87 bits per heavy atom. The second kappa shape index (κ2) is 5.53. The summed E-state index contributed by atoms with van der Waals surface area (Å²) in [6.07, 6.45) is 1.64. The van der Waals surface area contributed by atoms with Crippen molar-refractivity contribution < 1.29 is 9.94 Å². The van der Waals surface area contributed by atoms with E-state index in [0.717, 1.165) is 17.8 Å². The van der Waals surface area contributed by atoms with Crippen LogP contribution in [-0.4, -0.2) is 30.8 Å². The lowest BCUT2D eigenvalue weighted by Gasteiger charge is -2.17. The second-order valence-electron chi connectivity index (χ2n) is 3.07. The zero-order valence-electron chi connectivity index (χ0n) is 9.32. The van der Waals surface area contributed by atoms with Crippen molar-refractivity contribution in [1.82, 2.24) is 4.98 Å². The van der Waals surface area contributed by atoms with Gasteiger partial charge >= 0.3 is 0 Å². The summed E-state index contributed by atoms with van der Waals surface area (Å²) in [5.41, 5.74) is 1.67. The highest BCUT2D eigenvalue weighted by Gasteiger charge is 2.06. The Balaban J connectivity index is 2.98. The van der Waals surface area contributed by atoms with E-state index < -0.39 is 0 Å². The van der Waals surface area contributed by atoms with E-state index in [9.17, 15) is 0 Å². The Hall–Kier alpha value is -1.33. The zero-order chi connectivity index (χ0) is 11.3. The molecule has 1 rings (SSSR count). The molecular weight excluding hydrogens is 194 g/mol. The molecule has 84 valence electrons. The summed E-state index contributed by atoms with van der Waals surface area (Å²) in [6.45, 7) is 2.78. The number of hydrogen-bond donors (Lipinski definition) is 2. The number of anilines is 2.